The fraction of sp³-hybridized carbons (Fsp3) is 0.533. The maximum Gasteiger partial charge on any atom is 0.161 e. The van der Waals surface area contributed by atoms with E-state index in [2.05, 4.69) is 5.32 Å². The Morgan fingerprint density at radius 2 is 2.05 bits per heavy atom. The van der Waals surface area contributed by atoms with Crippen LogP contribution in [0, 0.1) is 5.92 Å². The van der Waals surface area contributed by atoms with Crippen molar-refractivity contribution in [1.29, 1.82) is 0 Å². The highest BCUT2D eigenvalue weighted by Crippen LogP contribution is 2.31. The Morgan fingerprint density at radius 3 is 2.63 bits per heavy atom. The Kier molecular flexibility index (Phi) is 4.80. The molecule has 0 aromatic heterocycles. The summed E-state index contributed by atoms with van der Waals surface area (Å²) in [5.41, 5.74) is 1.74. The fourth-order valence-corrected chi connectivity index (χ4v) is 2.63. The highest BCUT2D eigenvalue weighted by atomic mass is 16.5. The zero-order chi connectivity index (χ0) is 13.7. The summed E-state index contributed by atoms with van der Waals surface area (Å²) < 4.78 is 10.5. The van der Waals surface area contributed by atoms with Crippen molar-refractivity contribution in [2.75, 3.05) is 27.3 Å². The van der Waals surface area contributed by atoms with E-state index >= 15 is 0 Å². The molecule has 1 aromatic carbocycles. The van der Waals surface area contributed by atoms with Crippen LogP contribution in [0.1, 0.15) is 28.8 Å². The molecule has 19 heavy (non-hydrogen) atoms. The van der Waals surface area contributed by atoms with Gasteiger partial charge in [0.25, 0.3) is 0 Å². The van der Waals surface area contributed by atoms with Crippen LogP contribution in [0.3, 0.4) is 0 Å². The van der Waals surface area contributed by atoms with Crippen LogP contribution in [-0.2, 0) is 6.42 Å². The van der Waals surface area contributed by atoms with Gasteiger partial charge in [-0.25, -0.2) is 0 Å². The van der Waals surface area contributed by atoms with Gasteiger partial charge in [-0.15, -0.1) is 0 Å². The molecule has 0 amide bonds. The van der Waals surface area contributed by atoms with Gasteiger partial charge in [-0.2, -0.15) is 0 Å². The van der Waals surface area contributed by atoms with E-state index < -0.39 is 0 Å². The van der Waals surface area contributed by atoms with E-state index in [1.165, 1.54) is 12.8 Å². The summed E-state index contributed by atoms with van der Waals surface area (Å²) in [6.07, 6.45) is 4.21. The summed E-state index contributed by atoms with van der Waals surface area (Å²) in [5, 5.41) is 3.40. The molecule has 1 aliphatic heterocycles. The average Bonchev–Trinajstić information content (AvgIpc) is 2.47. The normalized spacial score (nSPS) is 18.9. The maximum atomic E-state index is 11.2. The number of benzene rings is 1. The molecule has 0 aliphatic carbocycles. The molecule has 1 aromatic rings. The number of aldehydes is 1. The minimum atomic E-state index is 0.588. The number of methoxy groups -OCH3 is 2. The number of ether oxygens (including phenoxy) is 2. The molecule has 2 rings (SSSR count). The highest BCUT2D eigenvalue weighted by molar-refractivity contribution is 5.79. The van der Waals surface area contributed by atoms with Gasteiger partial charge in [-0.05, 0) is 56.0 Å². The minimum absolute atomic E-state index is 0.588. The smallest absolute Gasteiger partial charge is 0.161 e. The lowest BCUT2D eigenvalue weighted by Crippen LogP contribution is -2.31. The van der Waals surface area contributed by atoms with Gasteiger partial charge in [0.05, 0.1) is 14.2 Å². The van der Waals surface area contributed by atoms with E-state index in [0.717, 1.165) is 31.4 Å². The highest BCUT2D eigenvalue weighted by Gasteiger charge is 2.17. The predicted molar refractivity (Wildman–Crippen MR) is 74.2 cm³/mol. The Balaban J connectivity index is 2.24. The van der Waals surface area contributed by atoms with E-state index in [4.69, 9.17) is 9.47 Å². The quantitative estimate of drug-likeness (QED) is 0.826. The number of nitrogens with one attached hydrogen (secondary N) is 1. The maximum absolute atomic E-state index is 11.2. The van der Waals surface area contributed by atoms with Crippen LogP contribution < -0.4 is 14.8 Å². The molecular formula is C15H21NO3. The van der Waals surface area contributed by atoms with Crippen molar-refractivity contribution in [3.63, 3.8) is 0 Å². The number of piperidine rings is 1. The molecule has 1 saturated heterocycles. The van der Waals surface area contributed by atoms with Crippen LogP contribution in [0.2, 0.25) is 0 Å². The first kappa shape index (κ1) is 13.9. The monoisotopic (exact) mass is 263 g/mol. The van der Waals surface area contributed by atoms with E-state index in [0.29, 0.717) is 23.0 Å². The van der Waals surface area contributed by atoms with Gasteiger partial charge in [0.2, 0.25) is 0 Å². The molecule has 4 nitrogen and oxygen atoms in total. The van der Waals surface area contributed by atoms with E-state index in [-0.39, 0.29) is 0 Å². The van der Waals surface area contributed by atoms with Crippen molar-refractivity contribution < 1.29 is 14.3 Å². The topological polar surface area (TPSA) is 47.6 Å². The van der Waals surface area contributed by atoms with Crippen LogP contribution in [0.5, 0.6) is 11.5 Å². The molecule has 0 saturated carbocycles. The van der Waals surface area contributed by atoms with Gasteiger partial charge in [0.1, 0.15) is 6.29 Å². The second-order valence-corrected chi connectivity index (χ2v) is 4.94. The summed E-state index contributed by atoms with van der Waals surface area (Å²) in [6.45, 7) is 2.12. The van der Waals surface area contributed by atoms with Crippen molar-refractivity contribution in [1.82, 2.24) is 5.32 Å². The van der Waals surface area contributed by atoms with Crippen LogP contribution in [0.4, 0.5) is 0 Å². The Labute approximate surface area is 114 Å². The largest absolute Gasteiger partial charge is 0.493 e. The molecule has 1 heterocycles. The third-order valence-corrected chi connectivity index (χ3v) is 3.68. The van der Waals surface area contributed by atoms with Gasteiger partial charge in [0, 0.05) is 5.56 Å². The lowest BCUT2D eigenvalue weighted by atomic mass is 9.90. The van der Waals surface area contributed by atoms with Gasteiger partial charge in [-0.1, -0.05) is 0 Å². The standard InChI is InChI=1S/C15H21NO3/c1-18-14-7-12(6-11-4-3-5-16-9-11)13(10-17)8-15(14)19-2/h7-8,10-11,16H,3-6,9H2,1-2H3. The molecule has 0 spiro atoms. The van der Waals surface area contributed by atoms with Crippen LogP contribution >= 0.6 is 0 Å². The van der Waals surface area contributed by atoms with Crippen molar-refractivity contribution in [2.24, 2.45) is 5.92 Å². The zero-order valence-corrected chi connectivity index (χ0v) is 11.6. The predicted octanol–water partition coefficient (Wildman–Crippen LogP) is 2.06. The number of hydrogen-bond donors (Lipinski definition) is 1. The third-order valence-electron chi connectivity index (χ3n) is 3.68. The fourth-order valence-electron chi connectivity index (χ4n) is 2.63. The number of carbonyl (C=O) groups is 1. The van der Waals surface area contributed by atoms with Crippen LogP contribution in [0.15, 0.2) is 12.1 Å². The Morgan fingerprint density at radius 1 is 1.32 bits per heavy atom. The first-order valence-electron chi connectivity index (χ1n) is 6.69. The molecule has 4 heteroatoms. The van der Waals surface area contributed by atoms with Crippen molar-refractivity contribution in [3.8, 4) is 11.5 Å². The van der Waals surface area contributed by atoms with Crippen molar-refractivity contribution >= 4 is 6.29 Å². The molecule has 0 radical (unpaired) electrons. The van der Waals surface area contributed by atoms with Gasteiger partial charge in [-0.3, -0.25) is 4.79 Å². The van der Waals surface area contributed by atoms with Gasteiger partial charge >= 0.3 is 0 Å². The second kappa shape index (κ2) is 6.57. The first-order valence-corrected chi connectivity index (χ1v) is 6.69. The molecule has 1 unspecified atom stereocenters. The van der Waals surface area contributed by atoms with Crippen molar-refractivity contribution in [2.45, 2.75) is 19.3 Å². The first-order chi connectivity index (χ1) is 9.28. The Hall–Kier alpha value is -1.55. The summed E-state index contributed by atoms with van der Waals surface area (Å²) in [7, 11) is 3.20. The van der Waals surface area contributed by atoms with E-state index in [9.17, 15) is 4.79 Å². The van der Waals surface area contributed by atoms with Crippen LogP contribution in [0.25, 0.3) is 0 Å². The lowest BCUT2D eigenvalue weighted by Gasteiger charge is -2.23. The summed E-state index contributed by atoms with van der Waals surface area (Å²) in [5.74, 6) is 1.88. The third kappa shape index (κ3) is 3.26. The summed E-state index contributed by atoms with van der Waals surface area (Å²) in [4.78, 5) is 11.2. The Bertz CT molecular complexity index is 439. The summed E-state index contributed by atoms with van der Waals surface area (Å²) in [6, 6.07) is 3.69. The molecular weight excluding hydrogens is 242 g/mol. The second-order valence-electron chi connectivity index (χ2n) is 4.94. The lowest BCUT2D eigenvalue weighted by molar-refractivity contribution is 0.112. The minimum Gasteiger partial charge on any atom is -0.493 e. The SMILES string of the molecule is COc1cc(C=O)c(CC2CCCNC2)cc1OC. The molecule has 0 bridgehead atoms. The van der Waals surface area contributed by atoms with E-state index in [1.54, 1.807) is 20.3 Å². The van der Waals surface area contributed by atoms with Crippen LogP contribution in [-0.4, -0.2) is 33.6 Å². The summed E-state index contributed by atoms with van der Waals surface area (Å²) >= 11 is 0. The number of hydrogen-bond acceptors (Lipinski definition) is 4. The zero-order valence-electron chi connectivity index (χ0n) is 11.6. The van der Waals surface area contributed by atoms with Gasteiger partial charge < -0.3 is 14.8 Å². The average molecular weight is 263 g/mol. The molecule has 1 aliphatic rings. The molecule has 1 N–H and O–H groups in total. The number of rotatable bonds is 5. The van der Waals surface area contributed by atoms with Gasteiger partial charge in [0.15, 0.2) is 11.5 Å². The molecule has 104 valence electrons. The van der Waals surface area contributed by atoms with Crippen molar-refractivity contribution in [3.05, 3.63) is 23.3 Å². The molecule has 1 fully saturated rings. The van der Waals surface area contributed by atoms with E-state index in [1.807, 2.05) is 6.07 Å². The number of carbonyl (C=O) groups excluding carboxylic acids is 1. The molecule has 1 atom stereocenters.